The van der Waals surface area contributed by atoms with Gasteiger partial charge in [0.25, 0.3) is 0 Å². The minimum atomic E-state index is -0.197. The summed E-state index contributed by atoms with van der Waals surface area (Å²) in [5.41, 5.74) is 0.640. The van der Waals surface area contributed by atoms with Crippen molar-refractivity contribution in [3.05, 3.63) is 34.6 Å². The molecule has 1 N–H and O–H groups in total. The molecule has 0 spiro atoms. The molecule has 0 aliphatic heterocycles. The van der Waals surface area contributed by atoms with Crippen LogP contribution in [0.2, 0.25) is 5.02 Å². The monoisotopic (exact) mass is 229 g/mol. The molecule has 1 rings (SSSR count). The summed E-state index contributed by atoms with van der Waals surface area (Å²) in [5, 5.41) is 3.64. The molecule has 0 aliphatic rings. The fourth-order valence-electron chi connectivity index (χ4n) is 1.67. The van der Waals surface area contributed by atoms with Crippen LogP contribution in [0.1, 0.15) is 18.9 Å². The van der Waals surface area contributed by atoms with Crippen LogP contribution in [-0.4, -0.2) is 13.6 Å². The van der Waals surface area contributed by atoms with Crippen molar-refractivity contribution in [2.45, 2.75) is 19.8 Å². The van der Waals surface area contributed by atoms with Crippen molar-refractivity contribution in [1.29, 1.82) is 0 Å². The second kappa shape index (κ2) is 6.09. The first-order chi connectivity index (χ1) is 7.19. The highest BCUT2D eigenvalue weighted by Gasteiger charge is 2.12. The van der Waals surface area contributed by atoms with Gasteiger partial charge in [0, 0.05) is 10.6 Å². The SMILES string of the molecule is CCC(CNC)Cc1c(F)cccc1Cl. The van der Waals surface area contributed by atoms with Gasteiger partial charge in [0.05, 0.1) is 0 Å². The lowest BCUT2D eigenvalue weighted by Gasteiger charge is -2.15. The van der Waals surface area contributed by atoms with Gasteiger partial charge in [-0.15, -0.1) is 0 Å². The van der Waals surface area contributed by atoms with E-state index in [4.69, 9.17) is 11.6 Å². The van der Waals surface area contributed by atoms with Crippen LogP contribution >= 0.6 is 11.6 Å². The first kappa shape index (κ1) is 12.5. The van der Waals surface area contributed by atoms with E-state index in [0.29, 0.717) is 22.9 Å². The summed E-state index contributed by atoms with van der Waals surface area (Å²) in [5.74, 6) is 0.237. The van der Waals surface area contributed by atoms with Crippen molar-refractivity contribution < 1.29 is 4.39 Å². The van der Waals surface area contributed by atoms with Gasteiger partial charge in [0.15, 0.2) is 0 Å². The van der Waals surface area contributed by atoms with Crippen LogP contribution in [0.5, 0.6) is 0 Å². The molecule has 0 fully saturated rings. The van der Waals surface area contributed by atoms with Gasteiger partial charge >= 0.3 is 0 Å². The highest BCUT2D eigenvalue weighted by atomic mass is 35.5. The molecule has 0 aromatic heterocycles. The topological polar surface area (TPSA) is 12.0 Å². The molecule has 0 amide bonds. The Kier molecular flexibility index (Phi) is 5.06. The lowest BCUT2D eigenvalue weighted by Crippen LogP contribution is -2.20. The average Bonchev–Trinajstić information content (AvgIpc) is 2.22. The first-order valence-corrected chi connectivity index (χ1v) is 5.64. The van der Waals surface area contributed by atoms with Gasteiger partial charge in [-0.1, -0.05) is 31.0 Å². The van der Waals surface area contributed by atoms with E-state index in [0.717, 1.165) is 13.0 Å². The van der Waals surface area contributed by atoms with Crippen LogP contribution in [-0.2, 0) is 6.42 Å². The molecule has 15 heavy (non-hydrogen) atoms. The van der Waals surface area contributed by atoms with Crippen molar-refractivity contribution in [1.82, 2.24) is 5.32 Å². The van der Waals surface area contributed by atoms with Gasteiger partial charge in [-0.3, -0.25) is 0 Å². The third-order valence-electron chi connectivity index (χ3n) is 2.62. The zero-order valence-electron chi connectivity index (χ0n) is 9.19. The maximum Gasteiger partial charge on any atom is 0.127 e. The molecule has 0 aliphatic carbocycles. The second-order valence-corrected chi connectivity index (χ2v) is 4.14. The number of hydrogen-bond donors (Lipinski definition) is 1. The normalized spacial score (nSPS) is 12.8. The van der Waals surface area contributed by atoms with Crippen LogP contribution in [0.3, 0.4) is 0 Å². The van der Waals surface area contributed by atoms with Crippen LogP contribution in [0.25, 0.3) is 0 Å². The quantitative estimate of drug-likeness (QED) is 0.817. The first-order valence-electron chi connectivity index (χ1n) is 5.26. The lowest BCUT2D eigenvalue weighted by atomic mass is 9.96. The average molecular weight is 230 g/mol. The van der Waals surface area contributed by atoms with Gasteiger partial charge in [0.1, 0.15) is 5.82 Å². The Labute approximate surface area is 95.6 Å². The predicted molar refractivity (Wildman–Crippen MR) is 62.8 cm³/mol. The molecular weight excluding hydrogens is 213 g/mol. The number of benzene rings is 1. The van der Waals surface area contributed by atoms with E-state index >= 15 is 0 Å². The van der Waals surface area contributed by atoms with Crippen molar-refractivity contribution >= 4 is 11.6 Å². The van der Waals surface area contributed by atoms with E-state index in [1.165, 1.54) is 6.07 Å². The Morgan fingerprint density at radius 3 is 2.73 bits per heavy atom. The van der Waals surface area contributed by atoms with Crippen molar-refractivity contribution in [3.63, 3.8) is 0 Å². The second-order valence-electron chi connectivity index (χ2n) is 3.74. The van der Waals surface area contributed by atoms with E-state index in [-0.39, 0.29) is 5.82 Å². The Morgan fingerprint density at radius 2 is 2.20 bits per heavy atom. The highest BCUT2D eigenvalue weighted by molar-refractivity contribution is 6.31. The standard InChI is InChI=1S/C12H17ClFN/c1-3-9(8-15-2)7-10-11(13)5-4-6-12(10)14/h4-6,9,15H,3,7-8H2,1-2H3. The lowest BCUT2D eigenvalue weighted by molar-refractivity contribution is 0.469. The Bertz CT molecular complexity index is 294. The van der Waals surface area contributed by atoms with E-state index in [1.807, 2.05) is 7.05 Å². The molecule has 3 heteroatoms. The smallest absolute Gasteiger partial charge is 0.127 e. The zero-order chi connectivity index (χ0) is 11.3. The Morgan fingerprint density at radius 1 is 1.47 bits per heavy atom. The maximum absolute atomic E-state index is 13.5. The van der Waals surface area contributed by atoms with Gasteiger partial charge in [-0.25, -0.2) is 4.39 Å². The maximum atomic E-state index is 13.5. The summed E-state index contributed by atoms with van der Waals surface area (Å²) in [6, 6.07) is 4.85. The van der Waals surface area contributed by atoms with Crippen molar-refractivity contribution in [2.75, 3.05) is 13.6 Å². The van der Waals surface area contributed by atoms with Gasteiger partial charge < -0.3 is 5.32 Å². The summed E-state index contributed by atoms with van der Waals surface area (Å²) >= 11 is 5.97. The van der Waals surface area contributed by atoms with E-state index in [2.05, 4.69) is 12.2 Å². The molecule has 84 valence electrons. The van der Waals surface area contributed by atoms with Crippen molar-refractivity contribution in [2.24, 2.45) is 5.92 Å². The molecule has 1 atom stereocenters. The molecule has 0 saturated heterocycles. The molecule has 0 saturated carbocycles. The summed E-state index contributed by atoms with van der Waals surface area (Å²) in [6.45, 7) is 3.00. The zero-order valence-corrected chi connectivity index (χ0v) is 9.94. The third-order valence-corrected chi connectivity index (χ3v) is 2.98. The van der Waals surface area contributed by atoms with Crippen LogP contribution in [0.15, 0.2) is 18.2 Å². The molecular formula is C12H17ClFN. The number of halogens is 2. The minimum Gasteiger partial charge on any atom is -0.319 e. The van der Waals surface area contributed by atoms with Crippen LogP contribution in [0.4, 0.5) is 4.39 Å². The molecule has 1 aromatic rings. The van der Waals surface area contributed by atoms with E-state index in [9.17, 15) is 4.39 Å². The molecule has 1 unspecified atom stereocenters. The van der Waals surface area contributed by atoms with Crippen LogP contribution in [0, 0.1) is 11.7 Å². The Hall–Kier alpha value is -0.600. The third kappa shape index (κ3) is 3.47. The van der Waals surface area contributed by atoms with E-state index in [1.54, 1.807) is 12.1 Å². The van der Waals surface area contributed by atoms with Gasteiger partial charge in [-0.05, 0) is 38.1 Å². The number of rotatable bonds is 5. The largest absolute Gasteiger partial charge is 0.319 e. The fourth-order valence-corrected chi connectivity index (χ4v) is 1.91. The molecule has 1 nitrogen and oxygen atoms in total. The summed E-state index contributed by atoms with van der Waals surface area (Å²) in [7, 11) is 1.91. The molecule has 0 heterocycles. The number of nitrogens with one attached hydrogen (secondary N) is 1. The molecule has 0 bridgehead atoms. The molecule has 0 radical (unpaired) electrons. The summed E-state index contributed by atoms with van der Waals surface area (Å²) in [6.07, 6.45) is 1.72. The Balaban J connectivity index is 2.78. The van der Waals surface area contributed by atoms with Crippen molar-refractivity contribution in [3.8, 4) is 0 Å². The van der Waals surface area contributed by atoms with Crippen LogP contribution < -0.4 is 5.32 Å². The predicted octanol–water partition coefficient (Wildman–Crippen LogP) is 3.27. The van der Waals surface area contributed by atoms with Gasteiger partial charge in [-0.2, -0.15) is 0 Å². The van der Waals surface area contributed by atoms with E-state index < -0.39 is 0 Å². The minimum absolute atomic E-state index is 0.197. The highest BCUT2D eigenvalue weighted by Crippen LogP contribution is 2.23. The number of hydrogen-bond acceptors (Lipinski definition) is 1. The summed E-state index contributed by atoms with van der Waals surface area (Å²) < 4.78 is 13.5. The molecule has 1 aromatic carbocycles. The summed E-state index contributed by atoms with van der Waals surface area (Å²) in [4.78, 5) is 0. The van der Waals surface area contributed by atoms with Gasteiger partial charge in [0.2, 0.25) is 0 Å². The fraction of sp³-hybridized carbons (Fsp3) is 0.500.